The molecule has 1 heterocycles. The predicted octanol–water partition coefficient (Wildman–Crippen LogP) is 5.04. The molecule has 6 N–H and O–H groups in total. The molecule has 0 aliphatic carbocycles. The fraction of sp³-hybridized carbons (Fsp3) is 0.800. The zero-order valence-corrected chi connectivity index (χ0v) is 27.7. The van der Waals surface area contributed by atoms with Gasteiger partial charge in [-0.1, -0.05) is 51.4 Å². The van der Waals surface area contributed by atoms with E-state index in [2.05, 4.69) is 41.9 Å². The van der Waals surface area contributed by atoms with Gasteiger partial charge in [0.25, 0.3) is 0 Å². The average molecular weight is 625 g/mol. The Morgan fingerprint density at radius 2 is 0.886 bits per heavy atom. The Labute approximate surface area is 262 Å². The number of urea groups is 2. The van der Waals surface area contributed by atoms with Gasteiger partial charge in [-0.15, -0.1) is 0 Å². The second-order valence-electron chi connectivity index (χ2n) is 12.7. The molecule has 0 bridgehead atoms. The van der Waals surface area contributed by atoms with Gasteiger partial charge in [0.05, 0.1) is 0 Å². The van der Waals surface area contributed by atoms with Gasteiger partial charge in [-0.2, -0.15) is 0 Å². The van der Waals surface area contributed by atoms with Gasteiger partial charge in [-0.3, -0.25) is 31.3 Å². The topological polar surface area (TPSA) is 184 Å². The molecule has 0 atom stereocenters. The highest BCUT2D eigenvalue weighted by molar-refractivity contribution is 6.03. The summed E-state index contributed by atoms with van der Waals surface area (Å²) in [6, 6.07) is -0.869. The van der Waals surface area contributed by atoms with Crippen LogP contribution in [0.5, 0.6) is 0 Å². The maximum Gasteiger partial charge on any atom is 0.414 e. The number of alkyl carbamates (subject to hydrolysis) is 2. The molecule has 14 nitrogen and oxygen atoms in total. The Balaban J connectivity index is 2.70. The number of hydrogen-bond donors (Lipinski definition) is 6. The number of aliphatic imine (C=N–C) groups is 2. The fourth-order valence-corrected chi connectivity index (χ4v) is 4.00. The monoisotopic (exact) mass is 624 g/mol. The van der Waals surface area contributed by atoms with E-state index in [9.17, 15) is 19.2 Å². The number of nitrogens with one attached hydrogen (secondary N) is 6. The lowest BCUT2D eigenvalue weighted by Gasteiger charge is -2.20. The lowest BCUT2D eigenvalue weighted by Crippen LogP contribution is -2.49. The molecule has 0 aromatic heterocycles. The van der Waals surface area contributed by atoms with E-state index in [0.717, 1.165) is 77.0 Å². The molecular weight excluding hydrogens is 568 g/mol. The van der Waals surface area contributed by atoms with E-state index < -0.39 is 35.5 Å². The summed E-state index contributed by atoms with van der Waals surface area (Å²) in [7, 11) is 0. The summed E-state index contributed by atoms with van der Waals surface area (Å²) >= 11 is 0. The molecule has 1 aliphatic heterocycles. The largest absolute Gasteiger partial charge is 0.444 e. The number of amides is 6. The molecule has 6 amide bonds. The fourth-order valence-electron chi connectivity index (χ4n) is 4.00. The molecule has 44 heavy (non-hydrogen) atoms. The van der Waals surface area contributed by atoms with Crippen molar-refractivity contribution in [1.29, 1.82) is 0 Å². The lowest BCUT2D eigenvalue weighted by molar-refractivity contribution is 0.0549. The normalized spacial score (nSPS) is 18.5. The minimum absolute atomic E-state index is 0.0645. The van der Waals surface area contributed by atoms with E-state index in [1.54, 1.807) is 41.5 Å². The van der Waals surface area contributed by atoms with Crippen molar-refractivity contribution in [3.8, 4) is 0 Å². The highest BCUT2D eigenvalue weighted by atomic mass is 16.6. The Bertz CT molecular complexity index is 880. The summed E-state index contributed by atoms with van der Waals surface area (Å²) in [5.41, 5.74) is -1.36. The van der Waals surface area contributed by atoms with Crippen molar-refractivity contribution in [1.82, 2.24) is 31.9 Å². The number of carbonyl (C=O) groups is 4. The van der Waals surface area contributed by atoms with Crippen LogP contribution in [0.3, 0.4) is 0 Å². The third-order valence-electron chi connectivity index (χ3n) is 5.98. The summed E-state index contributed by atoms with van der Waals surface area (Å²) in [4.78, 5) is 58.1. The molecule has 14 heteroatoms. The van der Waals surface area contributed by atoms with Crippen molar-refractivity contribution in [2.75, 3.05) is 26.2 Å². The SMILES string of the molecule is CC(C)(C)OC(=O)NC1=NCCCCCCCCNC(=O)NC(NC(=O)OC(C)(C)C)=NCCCCCCCCNC(=O)N1. The highest BCUT2D eigenvalue weighted by Gasteiger charge is 2.19. The van der Waals surface area contributed by atoms with Crippen LogP contribution in [0, 0.1) is 0 Å². The van der Waals surface area contributed by atoms with Gasteiger partial charge in [0.15, 0.2) is 0 Å². The van der Waals surface area contributed by atoms with E-state index in [0.29, 0.717) is 26.2 Å². The van der Waals surface area contributed by atoms with E-state index in [1.807, 2.05) is 0 Å². The number of guanidine groups is 2. The first-order chi connectivity index (χ1) is 20.7. The highest BCUT2D eigenvalue weighted by Crippen LogP contribution is 2.09. The van der Waals surface area contributed by atoms with Crippen LogP contribution in [-0.4, -0.2) is 73.5 Å². The number of ether oxygens (including phenoxy) is 2. The van der Waals surface area contributed by atoms with Crippen molar-refractivity contribution in [3.63, 3.8) is 0 Å². The van der Waals surface area contributed by atoms with E-state index in [4.69, 9.17) is 9.47 Å². The molecule has 0 saturated heterocycles. The minimum Gasteiger partial charge on any atom is -0.444 e. The molecular formula is C30H56N8O6. The third-order valence-corrected chi connectivity index (χ3v) is 5.98. The van der Waals surface area contributed by atoms with Crippen LogP contribution in [0.2, 0.25) is 0 Å². The van der Waals surface area contributed by atoms with Gasteiger partial charge < -0.3 is 20.1 Å². The van der Waals surface area contributed by atoms with Crippen molar-refractivity contribution in [3.05, 3.63) is 0 Å². The first-order valence-electron chi connectivity index (χ1n) is 15.9. The van der Waals surface area contributed by atoms with Gasteiger partial charge in [0.1, 0.15) is 11.2 Å². The Morgan fingerprint density at radius 1 is 0.568 bits per heavy atom. The molecule has 0 radical (unpaired) electrons. The Hall–Kier alpha value is -3.58. The maximum atomic E-state index is 12.4. The van der Waals surface area contributed by atoms with Crippen molar-refractivity contribution < 1.29 is 28.7 Å². The summed E-state index contributed by atoms with van der Waals surface area (Å²) in [5, 5.41) is 16.0. The summed E-state index contributed by atoms with van der Waals surface area (Å²) in [5.74, 6) is 0.129. The molecule has 0 spiro atoms. The van der Waals surface area contributed by atoms with Crippen LogP contribution in [0.1, 0.15) is 119 Å². The number of carbonyl (C=O) groups excluding carboxylic acids is 4. The quantitative estimate of drug-likeness (QED) is 0.219. The zero-order chi connectivity index (χ0) is 32.8. The van der Waals surface area contributed by atoms with Gasteiger partial charge in [-0.05, 0) is 67.2 Å². The first-order valence-corrected chi connectivity index (χ1v) is 15.9. The van der Waals surface area contributed by atoms with Gasteiger partial charge >= 0.3 is 24.2 Å². The molecule has 1 rings (SSSR count). The van der Waals surface area contributed by atoms with Crippen molar-refractivity contribution in [2.24, 2.45) is 9.98 Å². The number of rotatable bonds is 0. The summed E-state index contributed by atoms with van der Waals surface area (Å²) in [6.07, 6.45) is 9.52. The van der Waals surface area contributed by atoms with E-state index >= 15 is 0 Å². The first kappa shape index (κ1) is 38.4. The van der Waals surface area contributed by atoms with E-state index in [1.165, 1.54) is 0 Å². The van der Waals surface area contributed by atoms with Crippen molar-refractivity contribution >= 4 is 36.2 Å². The third kappa shape index (κ3) is 22.9. The maximum absolute atomic E-state index is 12.4. The predicted molar refractivity (Wildman–Crippen MR) is 172 cm³/mol. The van der Waals surface area contributed by atoms with Crippen LogP contribution >= 0.6 is 0 Å². The van der Waals surface area contributed by atoms with Crippen LogP contribution in [0.4, 0.5) is 19.2 Å². The Kier molecular flexibility index (Phi) is 18.5. The molecule has 0 fully saturated rings. The molecule has 1 aliphatic rings. The average Bonchev–Trinajstić information content (AvgIpc) is 2.87. The number of nitrogens with zero attached hydrogens (tertiary/aromatic N) is 2. The second kappa shape index (κ2) is 21.2. The van der Waals surface area contributed by atoms with Gasteiger partial charge in [0.2, 0.25) is 11.9 Å². The van der Waals surface area contributed by atoms with Crippen LogP contribution in [0.25, 0.3) is 0 Å². The smallest absolute Gasteiger partial charge is 0.414 e. The second-order valence-corrected chi connectivity index (χ2v) is 12.7. The van der Waals surface area contributed by atoms with Gasteiger partial charge in [-0.25, -0.2) is 19.2 Å². The zero-order valence-electron chi connectivity index (χ0n) is 27.7. The van der Waals surface area contributed by atoms with Crippen molar-refractivity contribution in [2.45, 2.75) is 130 Å². The van der Waals surface area contributed by atoms with Gasteiger partial charge in [0, 0.05) is 26.2 Å². The standard InChI is InChI=1S/C30H56N8O6/c1-29(2,3)43-27(41)37-23-31-19-15-11-7-9-14-18-22-34-26(40)36-24(38-28(42)44-30(4,5)6)32-20-16-12-8-10-13-17-21-33-25(39)35-23/h7-22H2,1-6H3,(H3,31,33,35,37,39,41)(H3,32,34,36,38,40,42). The molecule has 252 valence electrons. The summed E-state index contributed by atoms with van der Waals surface area (Å²) in [6.45, 7) is 12.4. The lowest BCUT2D eigenvalue weighted by atomic mass is 10.1. The minimum atomic E-state index is -0.681. The van der Waals surface area contributed by atoms with Crippen LogP contribution < -0.4 is 31.9 Å². The number of hydrogen-bond acceptors (Lipinski definition) is 8. The molecule has 0 aromatic carbocycles. The Morgan fingerprint density at radius 3 is 1.23 bits per heavy atom. The molecule has 0 aromatic rings. The summed E-state index contributed by atoms with van der Waals surface area (Å²) < 4.78 is 10.6. The van der Waals surface area contributed by atoms with E-state index in [-0.39, 0.29) is 11.9 Å². The van der Waals surface area contributed by atoms with Crippen LogP contribution in [0.15, 0.2) is 9.98 Å². The molecule has 0 saturated carbocycles. The van der Waals surface area contributed by atoms with Crippen LogP contribution in [-0.2, 0) is 9.47 Å². The molecule has 0 unspecified atom stereocenters.